The van der Waals surface area contributed by atoms with Crippen LogP contribution in [0.15, 0.2) is 0 Å². The molecule has 4 heteroatoms. The number of carbonyl (C=O) groups is 2. The fourth-order valence-electron chi connectivity index (χ4n) is 1.99. The zero-order valence-corrected chi connectivity index (χ0v) is 12.3. The molecule has 0 radical (unpaired) electrons. The smallest absolute Gasteiger partial charge is 0.407 e. The SMILES string of the molecule is CC(C)(C)OC(=O)NCC1(C(=O)C(C)(C)C)CC1. The number of carbonyl (C=O) groups excluding carboxylic acids is 2. The highest BCUT2D eigenvalue weighted by atomic mass is 16.6. The van der Waals surface area contributed by atoms with Crippen molar-refractivity contribution in [3.05, 3.63) is 0 Å². The molecule has 0 heterocycles. The molecule has 1 rings (SSSR count). The Balaban J connectivity index is 2.49. The second kappa shape index (κ2) is 4.56. The van der Waals surface area contributed by atoms with Crippen LogP contribution in [0.5, 0.6) is 0 Å². The number of Topliss-reactive ketones (excluding diaryl/α,β-unsaturated/α-hetero) is 1. The summed E-state index contributed by atoms with van der Waals surface area (Å²) in [4.78, 5) is 23.8. The summed E-state index contributed by atoms with van der Waals surface area (Å²) < 4.78 is 5.16. The van der Waals surface area contributed by atoms with Crippen LogP contribution in [0, 0.1) is 10.8 Å². The summed E-state index contributed by atoms with van der Waals surface area (Å²) in [6.07, 6.45) is 1.27. The van der Waals surface area contributed by atoms with Crippen molar-refractivity contribution in [2.45, 2.75) is 60.0 Å². The lowest BCUT2D eigenvalue weighted by Crippen LogP contribution is -2.41. The largest absolute Gasteiger partial charge is 0.444 e. The second-order valence-corrected chi connectivity index (χ2v) is 7.21. The Morgan fingerprint density at radius 2 is 1.61 bits per heavy atom. The van der Waals surface area contributed by atoms with Gasteiger partial charge in [0, 0.05) is 17.4 Å². The van der Waals surface area contributed by atoms with Crippen LogP contribution < -0.4 is 5.32 Å². The minimum Gasteiger partial charge on any atom is -0.444 e. The molecular formula is C14H25NO3. The van der Waals surface area contributed by atoms with E-state index in [9.17, 15) is 9.59 Å². The van der Waals surface area contributed by atoms with Crippen LogP contribution in [0.25, 0.3) is 0 Å². The van der Waals surface area contributed by atoms with E-state index in [-0.39, 0.29) is 16.6 Å². The van der Waals surface area contributed by atoms with Crippen LogP contribution in [0.2, 0.25) is 0 Å². The molecule has 0 atom stereocenters. The molecule has 1 N–H and O–H groups in total. The van der Waals surface area contributed by atoms with E-state index in [4.69, 9.17) is 4.74 Å². The molecule has 1 fully saturated rings. The summed E-state index contributed by atoms with van der Waals surface area (Å²) in [6.45, 7) is 11.6. The number of hydrogen-bond donors (Lipinski definition) is 1. The molecule has 0 aromatic heterocycles. The molecule has 0 aromatic carbocycles. The highest BCUT2D eigenvalue weighted by Crippen LogP contribution is 2.49. The van der Waals surface area contributed by atoms with Crippen LogP contribution in [0.1, 0.15) is 54.4 Å². The van der Waals surface area contributed by atoms with E-state index in [0.717, 1.165) is 12.8 Å². The second-order valence-electron chi connectivity index (χ2n) is 7.21. The first-order valence-corrected chi connectivity index (χ1v) is 6.48. The monoisotopic (exact) mass is 255 g/mol. The van der Waals surface area contributed by atoms with E-state index in [0.29, 0.717) is 6.54 Å². The first kappa shape index (κ1) is 15.0. The number of hydrogen-bond acceptors (Lipinski definition) is 3. The number of amides is 1. The molecule has 0 saturated heterocycles. The van der Waals surface area contributed by atoms with E-state index in [2.05, 4.69) is 5.32 Å². The summed E-state index contributed by atoms with van der Waals surface area (Å²) in [5.41, 5.74) is -1.21. The third-order valence-corrected chi connectivity index (χ3v) is 2.99. The van der Waals surface area contributed by atoms with Gasteiger partial charge in [-0.1, -0.05) is 20.8 Å². The van der Waals surface area contributed by atoms with Crippen LogP contribution in [-0.2, 0) is 9.53 Å². The number of ketones is 1. The average molecular weight is 255 g/mol. The van der Waals surface area contributed by atoms with Crippen molar-refractivity contribution in [2.24, 2.45) is 10.8 Å². The van der Waals surface area contributed by atoms with Crippen LogP contribution >= 0.6 is 0 Å². The number of ether oxygens (including phenoxy) is 1. The summed E-state index contributed by atoms with van der Waals surface area (Å²) in [6, 6.07) is 0. The van der Waals surface area contributed by atoms with E-state index < -0.39 is 11.7 Å². The lowest BCUT2D eigenvalue weighted by atomic mass is 9.81. The molecule has 18 heavy (non-hydrogen) atoms. The molecule has 0 spiro atoms. The first-order valence-electron chi connectivity index (χ1n) is 6.48. The Morgan fingerprint density at radius 1 is 1.11 bits per heavy atom. The lowest BCUT2D eigenvalue weighted by Gasteiger charge is -2.25. The van der Waals surface area contributed by atoms with Crippen molar-refractivity contribution in [3.8, 4) is 0 Å². The van der Waals surface area contributed by atoms with Gasteiger partial charge in [-0.2, -0.15) is 0 Å². The first-order chi connectivity index (χ1) is 7.96. The summed E-state index contributed by atoms with van der Waals surface area (Å²) >= 11 is 0. The fourth-order valence-corrected chi connectivity index (χ4v) is 1.99. The Bertz CT molecular complexity index is 343. The minimum absolute atomic E-state index is 0.228. The zero-order valence-electron chi connectivity index (χ0n) is 12.3. The quantitative estimate of drug-likeness (QED) is 0.843. The molecule has 1 amide bonds. The third kappa shape index (κ3) is 4.00. The van der Waals surface area contributed by atoms with Gasteiger partial charge in [0.25, 0.3) is 0 Å². The van der Waals surface area contributed by atoms with Gasteiger partial charge in [0.05, 0.1) is 0 Å². The van der Waals surface area contributed by atoms with Gasteiger partial charge in [-0.3, -0.25) is 4.79 Å². The van der Waals surface area contributed by atoms with Crippen LogP contribution in [-0.4, -0.2) is 24.0 Å². The van der Waals surface area contributed by atoms with Crippen LogP contribution in [0.3, 0.4) is 0 Å². The fraction of sp³-hybridized carbons (Fsp3) is 0.857. The maximum atomic E-state index is 12.3. The van der Waals surface area contributed by atoms with Crippen LogP contribution in [0.4, 0.5) is 4.79 Å². The standard InChI is InChI=1S/C14H25NO3/c1-12(2,3)10(16)14(7-8-14)9-15-11(17)18-13(4,5)6/h7-9H2,1-6H3,(H,15,17). The molecule has 1 saturated carbocycles. The van der Waals surface area contributed by atoms with Crippen molar-refractivity contribution in [2.75, 3.05) is 6.54 Å². The van der Waals surface area contributed by atoms with Gasteiger partial charge in [-0.05, 0) is 33.6 Å². The Labute approximate surface area is 109 Å². The Kier molecular flexibility index (Phi) is 3.80. The van der Waals surface area contributed by atoms with Crippen molar-refractivity contribution < 1.29 is 14.3 Å². The van der Waals surface area contributed by atoms with Crippen molar-refractivity contribution in [1.29, 1.82) is 0 Å². The molecule has 1 aliphatic carbocycles. The number of nitrogens with one attached hydrogen (secondary N) is 1. The predicted molar refractivity (Wildman–Crippen MR) is 70.4 cm³/mol. The summed E-state index contributed by atoms with van der Waals surface area (Å²) in [7, 11) is 0. The van der Waals surface area contributed by atoms with Gasteiger partial charge in [0.15, 0.2) is 0 Å². The highest BCUT2D eigenvalue weighted by Gasteiger charge is 2.52. The number of rotatable bonds is 3. The maximum Gasteiger partial charge on any atom is 0.407 e. The zero-order chi connectivity index (χ0) is 14.2. The van der Waals surface area contributed by atoms with Gasteiger partial charge in [0.2, 0.25) is 0 Å². The van der Waals surface area contributed by atoms with E-state index in [1.165, 1.54) is 0 Å². The van der Waals surface area contributed by atoms with Gasteiger partial charge in [0.1, 0.15) is 11.4 Å². The number of alkyl carbamates (subject to hydrolysis) is 1. The van der Waals surface area contributed by atoms with Crippen molar-refractivity contribution in [1.82, 2.24) is 5.32 Å². The molecule has 1 aliphatic rings. The molecule has 0 bridgehead atoms. The molecule has 104 valence electrons. The molecule has 4 nitrogen and oxygen atoms in total. The molecular weight excluding hydrogens is 230 g/mol. The lowest BCUT2D eigenvalue weighted by molar-refractivity contribution is -0.131. The Morgan fingerprint density at radius 3 is 1.94 bits per heavy atom. The van der Waals surface area contributed by atoms with Gasteiger partial charge in [-0.25, -0.2) is 4.79 Å². The van der Waals surface area contributed by atoms with E-state index in [1.54, 1.807) is 0 Å². The molecule has 0 unspecified atom stereocenters. The minimum atomic E-state index is -0.505. The highest BCUT2D eigenvalue weighted by molar-refractivity contribution is 5.92. The van der Waals surface area contributed by atoms with E-state index >= 15 is 0 Å². The van der Waals surface area contributed by atoms with E-state index in [1.807, 2.05) is 41.5 Å². The summed E-state index contributed by atoms with van der Waals surface area (Å²) in [5, 5.41) is 2.71. The molecule has 0 aromatic rings. The van der Waals surface area contributed by atoms with Gasteiger partial charge < -0.3 is 10.1 Å². The normalized spacial score (nSPS) is 18.1. The predicted octanol–water partition coefficient (Wildman–Crippen LogP) is 2.91. The average Bonchev–Trinajstić information content (AvgIpc) is 2.90. The van der Waals surface area contributed by atoms with Gasteiger partial charge >= 0.3 is 6.09 Å². The van der Waals surface area contributed by atoms with Gasteiger partial charge in [-0.15, -0.1) is 0 Å². The topological polar surface area (TPSA) is 55.4 Å². The third-order valence-electron chi connectivity index (χ3n) is 2.99. The summed E-state index contributed by atoms with van der Waals surface area (Å²) in [5.74, 6) is 0.228. The van der Waals surface area contributed by atoms with Crippen molar-refractivity contribution in [3.63, 3.8) is 0 Å². The maximum absolute atomic E-state index is 12.3. The van der Waals surface area contributed by atoms with Crippen molar-refractivity contribution >= 4 is 11.9 Å². The molecule has 0 aliphatic heterocycles. The Hall–Kier alpha value is -1.06.